The Hall–Kier alpha value is -2.29. The Morgan fingerprint density at radius 1 is 1.30 bits per heavy atom. The highest BCUT2D eigenvalue weighted by Crippen LogP contribution is 2.20. The smallest absolute Gasteiger partial charge is 0.248 e. The molecule has 20 heavy (non-hydrogen) atoms. The van der Waals surface area contributed by atoms with E-state index in [1.807, 2.05) is 31.2 Å². The van der Waals surface area contributed by atoms with Crippen LogP contribution < -0.4 is 5.32 Å². The lowest BCUT2D eigenvalue weighted by Crippen LogP contribution is -2.07. The fourth-order valence-electron chi connectivity index (χ4n) is 2.15. The average molecular weight is 268 g/mol. The Morgan fingerprint density at radius 2 is 2.15 bits per heavy atom. The molecule has 104 valence electrons. The molecule has 0 fully saturated rings. The summed E-state index contributed by atoms with van der Waals surface area (Å²) in [5.41, 5.74) is 2.02. The second-order valence-electron chi connectivity index (χ2n) is 4.66. The van der Waals surface area contributed by atoms with Crippen LogP contribution in [0.5, 0.6) is 0 Å². The van der Waals surface area contributed by atoms with Gasteiger partial charge in [0.05, 0.1) is 0 Å². The van der Waals surface area contributed by atoms with Gasteiger partial charge in [0.25, 0.3) is 0 Å². The predicted molar refractivity (Wildman–Crippen MR) is 84.8 cm³/mol. The normalized spacial score (nSPS) is 11.7. The number of fused-ring (bicyclic) bond motifs is 1. The van der Waals surface area contributed by atoms with Crippen LogP contribution in [0.2, 0.25) is 0 Å². The minimum atomic E-state index is -0.115. The molecule has 0 atom stereocenters. The molecule has 0 aliphatic rings. The minimum absolute atomic E-state index is 0.115. The second-order valence-corrected chi connectivity index (χ2v) is 4.66. The van der Waals surface area contributed by atoms with Crippen molar-refractivity contribution in [3.63, 3.8) is 0 Å². The number of carbonyl (C=O) groups excluding carboxylic acids is 1. The van der Waals surface area contributed by atoms with Gasteiger partial charge in [0.2, 0.25) is 5.91 Å². The van der Waals surface area contributed by atoms with Crippen LogP contribution in [0.15, 0.2) is 54.8 Å². The number of aromatic nitrogens is 1. The number of rotatable bonds is 5. The minimum Gasteiger partial charge on any atom is -0.347 e. The SMILES string of the molecule is C/C=C/C=C/C(=O)Nc1ccc2c(ccn2CCC)c1. The summed E-state index contributed by atoms with van der Waals surface area (Å²) in [6.45, 7) is 5.09. The highest BCUT2D eigenvalue weighted by atomic mass is 16.1. The molecule has 1 N–H and O–H groups in total. The lowest BCUT2D eigenvalue weighted by molar-refractivity contribution is -0.111. The lowest BCUT2D eigenvalue weighted by Gasteiger charge is -2.05. The number of carbonyl (C=O) groups is 1. The Morgan fingerprint density at radius 3 is 2.90 bits per heavy atom. The molecule has 0 spiro atoms. The molecule has 0 saturated carbocycles. The molecule has 3 nitrogen and oxygen atoms in total. The number of allylic oxidation sites excluding steroid dienone is 3. The van der Waals surface area contributed by atoms with Gasteiger partial charge in [0.1, 0.15) is 0 Å². The van der Waals surface area contributed by atoms with E-state index >= 15 is 0 Å². The third-order valence-corrected chi connectivity index (χ3v) is 3.05. The van der Waals surface area contributed by atoms with Crippen molar-refractivity contribution < 1.29 is 4.79 Å². The van der Waals surface area contributed by atoms with Crippen LogP contribution in [0.4, 0.5) is 5.69 Å². The molecule has 2 rings (SSSR count). The zero-order valence-corrected chi connectivity index (χ0v) is 12.0. The first-order valence-electron chi connectivity index (χ1n) is 6.94. The maximum Gasteiger partial charge on any atom is 0.248 e. The number of benzene rings is 1. The van der Waals surface area contributed by atoms with Crippen molar-refractivity contribution in [1.29, 1.82) is 0 Å². The van der Waals surface area contributed by atoms with Crippen LogP contribution in [0.25, 0.3) is 10.9 Å². The van der Waals surface area contributed by atoms with Gasteiger partial charge in [0.15, 0.2) is 0 Å². The summed E-state index contributed by atoms with van der Waals surface area (Å²) >= 11 is 0. The Labute approximate surface area is 119 Å². The van der Waals surface area contributed by atoms with Crippen LogP contribution in [0.1, 0.15) is 20.3 Å². The van der Waals surface area contributed by atoms with Crippen molar-refractivity contribution in [1.82, 2.24) is 4.57 Å². The molecule has 1 aromatic carbocycles. The molecule has 0 bridgehead atoms. The number of hydrogen-bond donors (Lipinski definition) is 1. The van der Waals surface area contributed by atoms with Crippen molar-refractivity contribution in [2.24, 2.45) is 0 Å². The Kier molecular flexibility index (Phi) is 4.77. The first-order valence-corrected chi connectivity index (χ1v) is 6.94. The number of amides is 1. The summed E-state index contributed by atoms with van der Waals surface area (Å²) in [4.78, 5) is 11.7. The maximum absolute atomic E-state index is 11.7. The van der Waals surface area contributed by atoms with Crippen LogP contribution in [0.3, 0.4) is 0 Å². The van der Waals surface area contributed by atoms with Gasteiger partial charge in [-0.05, 0) is 37.6 Å². The number of hydrogen-bond acceptors (Lipinski definition) is 1. The quantitative estimate of drug-likeness (QED) is 0.642. The summed E-state index contributed by atoms with van der Waals surface area (Å²) in [5, 5.41) is 4.01. The first kappa shape index (κ1) is 14.1. The molecule has 0 aliphatic carbocycles. The van der Waals surface area contributed by atoms with Crippen LogP contribution in [-0.2, 0) is 11.3 Å². The van der Waals surface area contributed by atoms with Gasteiger partial charge in [-0.25, -0.2) is 0 Å². The average Bonchev–Trinajstić information content (AvgIpc) is 2.82. The summed E-state index contributed by atoms with van der Waals surface area (Å²) in [6.07, 6.45) is 10.2. The molecule has 0 unspecified atom stereocenters. The van der Waals surface area contributed by atoms with E-state index in [1.54, 1.807) is 6.08 Å². The zero-order valence-electron chi connectivity index (χ0n) is 12.0. The van der Waals surface area contributed by atoms with Crippen molar-refractivity contribution in [3.05, 3.63) is 54.8 Å². The number of anilines is 1. The Balaban J connectivity index is 2.14. The summed E-state index contributed by atoms with van der Waals surface area (Å²) in [7, 11) is 0. The largest absolute Gasteiger partial charge is 0.347 e. The number of aryl methyl sites for hydroxylation is 1. The molecule has 0 radical (unpaired) electrons. The van der Waals surface area contributed by atoms with Gasteiger partial charge in [-0.15, -0.1) is 0 Å². The van der Waals surface area contributed by atoms with E-state index in [0.717, 1.165) is 24.0 Å². The molecular formula is C17H20N2O. The fourth-order valence-corrected chi connectivity index (χ4v) is 2.15. The van der Waals surface area contributed by atoms with E-state index in [1.165, 1.54) is 11.6 Å². The van der Waals surface area contributed by atoms with Crippen LogP contribution >= 0.6 is 0 Å². The monoisotopic (exact) mass is 268 g/mol. The highest BCUT2D eigenvalue weighted by Gasteiger charge is 2.03. The number of nitrogens with one attached hydrogen (secondary N) is 1. The fraction of sp³-hybridized carbons (Fsp3) is 0.235. The van der Waals surface area contributed by atoms with E-state index < -0.39 is 0 Å². The molecular weight excluding hydrogens is 248 g/mol. The molecule has 2 aromatic rings. The van der Waals surface area contributed by atoms with E-state index in [9.17, 15) is 4.79 Å². The number of nitrogens with zero attached hydrogens (tertiary/aromatic N) is 1. The van der Waals surface area contributed by atoms with Crippen LogP contribution in [-0.4, -0.2) is 10.5 Å². The van der Waals surface area contributed by atoms with Crippen molar-refractivity contribution >= 4 is 22.5 Å². The Bertz CT molecular complexity index is 650. The van der Waals surface area contributed by atoms with E-state index in [-0.39, 0.29) is 5.91 Å². The molecule has 1 aromatic heterocycles. The van der Waals surface area contributed by atoms with Gasteiger partial charge >= 0.3 is 0 Å². The molecule has 0 aliphatic heterocycles. The first-order chi connectivity index (χ1) is 9.74. The lowest BCUT2D eigenvalue weighted by atomic mass is 10.2. The molecule has 1 amide bonds. The maximum atomic E-state index is 11.7. The highest BCUT2D eigenvalue weighted by molar-refractivity contribution is 6.00. The summed E-state index contributed by atoms with van der Waals surface area (Å²) in [6, 6.07) is 8.07. The van der Waals surface area contributed by atoms with Gasteiger partial charge in [0, 0.05) is 35.4 Å². The van der Waals surface area contributed by atoms with Gasteiger partial charge in [-0.2, -0.15) is 0 Å². The third-order valence-electron chi connectivity index (χ3n) is 3.05. The van der Waals surface area contributed by atoms with E-state index in [2.05, 4.69) is 35.1 Å². The van der Waals surface area contributed by atoms with Gasteiger partial charge in [-0.1, -0.05) is 25.2 Å². The zero-order chi connectivity index (χ0) is 14.4. The molecule has 3 heteroatoms. The van der Waals surface area contributed by atoms with Crippen molar-refractivity contribution in [3.8, 4) is 0 Å². The van der Waals surface area contributed by atoms with Gasteiger partial charge in [-0.3, -0.25) is 4.79 Å². The molecule has 1 heterocycles. The standard InChI is InChI=1S/C17H20N2O/c1-3-5-6-7-17(20)18-15-8-9-16-14(13-15)10-12-19(16)11-4-2/h3,5-10,12-13H,4,11H2,1-2H3,(H,18,20)/b5-3+,7-6+. The van der Waals surface area contributed by atoms with Crippen molar-refractivity contribution in [2.75, 3.05) is 5.32 Å². The molecule has 0 saturated heterocycles. The topological polar surface area (TPSA) is 34.0 Å². The third kappa shape index (κ3) is 3.38. The van der Waals surface area contributed by atoms with Crippen LogP contribution in [0, 0.1) is 0 Å². The van der Waals surface area contributed by atoms with E-state index in [4.69, 9.17) is 0 Å². The summed E-state index contributed by atoms with van der Waals surface area (Å²) in [5.74, 6) is -0.115. The summed E-state index contributed by atoms with van der Waals surface area (Å²) < 4.78 is 2.23. The van der Waals surface area contributed by atoms with Gasteiger partial charge < -0.3 is 9.88 Å². The van der Waals surface area contributed by atoms with Crippen molar-refractivity contribution in [2.45, 2.75) is 26.8 Å². The van der Waals surface area contributed by atoms with E-state index in [0.29, 0.717) is 0 Å². The second kappa shape index (κ2) is 6.75. The predicted octanol–water partition coefficient (Wildman–Crippen LogP) is 4.12.